The number of amides is 1. The number of nitrogens with one attached hydrogen (secondary N) is 1. The van der Waals surface area contributed by atoms with Crippen LogP contribution in [0, 0.1) is 5.92 Å². The Morgan fingerprint density at radius 3 is 1.94 bits per heavy atom. The molecule has 1 unspecified atom stereocenters. The van der Waals surface area contributed by atoms with Crippen LogP contribution < -0.4 is 11.1 Å². The van der Waals surface area contributed by atoms with E-state index >= 15 is 0 Å². The van der Waals surface area contributed by atoms with E-state index in [2.05, 4.69) is 34.5 Å². The standard InChI is InChI=1S/C31H45N3O/c32-30(35)31(26-15-8-6-9-16-26,27-17-10-7-11-18-27)28-21-24-34(25-28)23-13-5-3-1-2-4-12-22-33-29-19-14-20-29/h6-11,15-18,28-29,33H,1-5,12-14,19-25H2,(H2,32,35). The topological polar surface area (TPSA) is 58.4 Å². The number of benzene rings is 2. The summed E-state index contributed by atoms with van der Waals surface area (Å²) in [6.45, 7) is 4.31. The van der Waals surface area contributed by atoms with E-state index in [9.17, 15) is 4.79 Å². The van der Waals surface area contributed by atoms with Crippen molar-refractivity contribution in [3.63, 3.8) is 0 Å². The SMILES string of the molecule is NC(=O)C(c1ccccc1)(c1ccccc1)C1CCN(CCCCCCCCCNC2CCC2)C1. The lowest BCUT2D eigenvalue weighted by Crippen LogP contribution is -2.49. The molecule has 1 aliphatic carbocycles. The zero-order chi connectivity index (χ0) is 24.3. The van der Waals surface area contributed by atoms with Gasteiger partial charge in [0.15, 0.2) is 0 Å². The molecule has 4 rings (SSSR count). The van der Waals surface area contributed by atoms with E-state index in [1.165, 1.54) is 70.8 Å². The van der Waals surface area contributed by atoms with Crippen LogP contribution in [0.25, 0.3) is 0 Å². The lowest BCUT2D eigenvalue weighted by atomic mass is 9.64. The van der Waals surface area contributed by atoms with Gasteiger partial charge >= 0.3 is 0 Å². The van der Waals surface area contributed by atoms with Crippen molar-refractivity contribution < 1.29 is 4.79 Å². The molecule has 2 fully saturated rings. The van der Waals surface area contributed by atoms with Gasteiger partial charge in [0.2, 0.25) is 5.91 Å². The zero-order valence-electron chi connectivity index (χ0n) is 21.5. The Labute approximate surface area is 212 Å². The van der Waals surface area contributed by atoms with Crippen molar-refractivity contribution in [2.75, 3.05) is 26.2 Å². The van der Waals surface area contributed by atoms with Gasteiger partial charge in [-0.1, -0.05) is 99.2 Å². The average Bonchev–Trinajstić information content (AvgIpc) is 3.32. The summed E-state index contributed by atoms with van der Waals surface area (Å²) >= 11 is 0. The average molecular weight is 476 g/mol. The summed E-state index contributed by atoms with van der Waals surface area (Å²) in [6, 6.07) is 21.2. The first-order chi connectivity index (χ1) is 17.2. The first-order valence-electron chi connectivity index (χ1n) is 14.1. The summed E-state index contributed by atoms with van der Waals surface area (Å²) in [4.78, 5) is 15.7. The van der Waals surface area contributed by atoms with Gasteiger partial charge in [-0.05, 0) is 68.8 Å². The minimum Gasteiger partial charge on any atom is -0.369 e. The second kappa shape index (κ2) is 13.2. The van der Waals surface area contributed by atoms with E-state index in [1.807, 2.05) is 36.4 Å². The molecular formula is C31H45N3O. The number of carbonyl (C=O) groups is 1. The van der Waals surface area contributed by atoms with Gasteiger partial charge in [-0.3, -0.25) is 4.79 Å². The van der Waals surface area contributed by atoms with Crippen LogP contribution in [0.3, 0.4) is 0 Å². The molecule has 3 N–H and O–H groups in total. The van der Waals surface area contributed by atoms with E-state index in [-0.39, 0.29) is 11.8 Å². The van der Waals surface area contributed by atoms with Gasteiger partial charge in [-0.15, -0.1) is 0 Å². The largest absolute Gasteiger partial charge is 0.369 e. The van der Waals surface area contributed by atoms with Gasteiger partial charge < -0.3 is 16.0 Å². The monoisotopic (exact) mass is 475 g/mol. The van der Waals surface area contributed by atoms with Crippen LogP contribution in [0.15, 0.2) is 60.7 Å². The normalized spacial score (nSPS) is 19.0. The Morgan fingerprint density at radius 2 is 1.40 bits per heavy atom. The zero-order valence-corrected chi connectivity index (χ0v) is 21.5. The second-order valence-electron chi connectivity index (χ2n) is 10.7. The molecule has 0 aromatic heterocycles. The molecule has 190 valence electrons. The maximum atomic E-state index is 13.2. The number of nitrogens with two attached hydrogens (primary N) is 1. The predicted octanol–water partition coefficient (Wildman–Crippen LogP) is 5.65. The summed E-state index contributed by atoms with van der Waals surface area (Å²) in [5, 5.41) is 3.67. The van der Waals surface area contributed by atoms with Crippen LogP contribution in [0.4, 0.5) is 0 Å². The summed E-state index contributed by atoms with van der Waals surface area (Å²) in [5.74, 6) is -0.0389. The molecule has 2 aliphatic rings. The third-order valence-corrected chi connectivity index (χ3v) is 8.42. The van der Waals surface area contributed by atoms with Crippen molar-refractivity contribution in [3.05, 3.63) is 71.8 Å². The highest BCUT2D eigenvalue weighted by Gasteiger charge is 2.49. The number of hydrogen-bond donors (Lipinski definition) is 2. The highest BCUT2D eigenvalue weighted by atomic mass is 16.1. The van der Waals surface area contributed by atoms with E-state index in [0.717, 1.165) is 43.2 Å². The molecule has 35 heavy (non-hydrogen) atoms. The van der Waals surface area contributed by atoms with E-state index in [4.69, 9.17) is 5.73 Å². The molecule has 1 atom stereocenters. The third kappa shape index (κ3) is 6.54. The molecule has 4 nitrogen and oxygen atoms in total. The van der Waals surface area contributed by atoms with Gasteiger partial charge in [0.05, 0.1) is 0 Å². The number of rotatable bonds is 15. The predicted molar refractivity (Wildman–Crippen MR) is 145 cm³/mol. The van der Waals surface area contributed by atoms with Crippen molar-refractivity contribution in [1.29, 1.82) is 0 Å². The van der Waals surface area contributed by atoms with E-state index < -0.39 is 5.41 Å². The van der Waals surface area contributed by atoms with Crippen molar-refractivity contribution >= 4 is 5.91 Å². The van der Waals surface area contributed by atoms with Crippen molar-refractivity contribution in [2.45, 2.75) is 82.1 Å². The molecular weight excluding hydrogens is 430 g/mol. The highest BCUT2D eigenvalue weighted by Crippen LogP contribution is 2.43. The van der Waals surface area contributed by atoms with Crippen molar-refractivity contribution in [2.24, 2.45) is 11.7 Å². The van der Waals surface area contributed by atoms with Crippen LogP contribution in [-0.2, 0) is 10.2 Å². The fourth-order valence-electron chi connectivity index (χ4n) is 6.18. The fraction of sp³-hybridized carbons (Fsp3) is 0.581. The van der Waals surface area contributed by atoms with Gasteiger partial charge in [0.1, 0.15) is 5.41 Å². The highest BCUT2D eigenvalue weighted by molar-refractivity contribution is 5.91. The van der Waals surface area contributed by atoms with Gasteiger partial charge in [0, 0.05) is 12.6 Å². The Balaban J connectivity index is 1.23. The van der Waals surface area contributed by atoms with Crippen LogP contribution in [0.5, 0.6) is 0 Å². The van der Waals surface area contributed by atoms with Gasteiger partial charge in [-0.2, -0.15) is 0 Å². The molecule has 0 radical (unpaired) electrons. The summed E-state index contributed by atoms with van der Waals surface area (Å²) in [5.41, 5.74) is 7.49. The summed E-state index contributed by atoms with van der Waals surface area (Å²) < 4.78 is 0. The molecule has 1 aliphatic heterocycles. The maximum absolute atomic E-state index is 13.2. The Hall–Kier alpha value is -2.17. The minimum atomic E-state index is -0.773. The maximum Gasteiger partial charge on any atom is 0.232 e. The molecule has 1 saturated carbocycles. The third-order valence-electron chi connectivity index (χ3n) is 8.42. The Kier molecular flexibility index (Phi) is 9.79. The molecule has 2 aromatic carbocycles. The number of unbranched alkanes of at least 4 members (excludes halogenated alkanes) is 6. The Morgan fingerprint density at radius 1 is 0.829 bits per heavy atom. The Bertz CT molecular complexity index is 841. The number of likely N-dealkylation sites (tertiary alicyclic amines) is 1. The molecule has 1 heterocycles. The second-order valence-corrected chi connectivity index (χ2v) is 10.7. The van der Waals surface area contributed by atoms with E-state index in [1.54, 1.807) is 0 Å². The molecule has 4 heteroatoms. The molecule has 2 aromatic rings. The number of primary amides is 1. The summed E-state index contributed by atoms with van der Waals surface area (Å²) in [6.07, 6.45) is 14.5. The van der Waals surface area contributed by atoms with Crippen LogP contribution >= 0.6 is 0 Å². The van der Waals surface area contributed by atoms with Gasteiger partial charge in [-0.25, -0.2) is 0 Å². The first-order valence-corrected chi connectivity index (χ1v) is 14.1. The van der Waals surface area contributed by atoms with Crippen molar-refractivity contribution in [1.82, 2.24) is 10.2 Å². The quantitative estimate of drug-likeness (QED) is 0.327. The number of carbonyl (C=O) groups excluding carboxylic acids is 1. The molecule has 1 amide bonds. The van der Waals surface area contributed by atoms with E-state index in [0.29, 0.717) is 0 Å². The molecule has 0 spiro atoms. The van der Waals surface area contributed by atoms with Crippen molar-refractivity contribution in [3.8, 4) is 0 Å². The number of nitrogens with zero attached hydrogens (tertiary/aromatic N) is 1. The summed E-state index contributed by atoms with van der Waals surface area (Å²) in [7, 11) is 0. The first kappa shape index (κ1) is 25.9. The molecule has 0 bridgehead atoms. The minimum absolute atomic E-state index is 0.193. The van der Waals surface area contributed by atoms with Crippen LogP contribution in [0.1, 0.15) is 81.8 Å². The lowest BCUT2D eigenvalue weighted by Gasteiger charge is -2.37. The molecule has 1 saturated heterocycles. The fourth-order valence-corrected chi connectivity index (χ4v) is 6.18. The number of hydrogen-bond acceptors (Lipinski definition) is 3. The smallest absolute Gasteiger partial charge is 0.232 e. The van der Waals surface area contributed by atoms with Crippen LogP contribution in [0.2, 0.25) is 0 Å². The van der Waals surface area contributed by atoms with Crippen LogP contribution in [-0.4, -0.2) is 43.0 Å². The lowest BCUT2D eigenvalue weighted by molar-refractivity contribution is -0.123. The van der Waals surface area contributed by atoms with Gasteiger partial charge in [0.25, 0.3) is 0 Å².